The lowest BCUT2D eigenvalue weighted by Gasteiger charge is -2.40. The van der Waals surface area contributed by atoms with Crippen molar-refractivity contribution in [3.05, 3.63) is 126 Å². The van der Waals surface area contributed by atoms with E-state index in [1.807, 2.05) is 19.2 Å². The zero-order valence-corrected chi connectivity index (χ0v) is 63.0. The van der Waals surface area contributed by atoms with E-state index in [1.54, 1.807) is 14.2 Å². The second-order valence-electron chi connectivity index (χ2n) is 29.1. The van der Waals surface area contributed by atoms with Crippen molar-refractivity contribution >= 4 is 48.5 Å². The molecule has 4 aliphatic rings. The maximum atomic E-state index is 9.25. The van der Waals surface area contributed by atoms with Gasteiger partial charge in [-0.25, -0.2) is 0 Å². The molecule has 0 radical (unpaired) electrons. The molecule has 3 aromatic carbocycles. The molecule has 16 atom stereocenters. The first-order valence-corrected chi connectivity index (χ1v) is 41.7. The van der Waals surface area contributed by atoms with Crippen LogP contribution in [0.4, 0.5) is 0 Å². The van der Waals surface area contributed by atoms with Crippen LogP contribution in [0, 0.1) is 23.7 Å². The zero-order chi connectivity index (χ0) is 65.5. The highest BCUT2D eigenvalue weighted by molar-refractivity contribution is 9.09. The number of aliphatic hydroxyl groups is 1. The number of hydrogen-bond acceptors (Lipinski definition) is 11. The predicted molar refractivity (Wildman–Crippen MR) is 377 cm³/mol. The second-order valence-corrected chi connectivity index (χ2v) is 39.9. The van der Waals surface area contributed by atoms with Crippen molar-refractivity contribution in [3.8, 4) is 5.75 Å². The largest absolute Gasteiger partial charge is 0.497 e. The molecule has 0 aliphatic carbocycles. The van der Waals surface area contributed by atoms with E-state index in [0.29, 0.717) is 18.4 Å². The smallest absolute Gasteiger partial charge is 0.192 e. The van der Waals surface area contributed by atoms with Gasteiger partial charge in [0.15, 0.2) is 16.6 Å². The topological polar surface area (TPSA) is 113 Å². The standard InChI is InChI=1S/C47H67BrO6Si.C27H51BrO5Si/c1-11-38(54-55(9,10)46(4,5)6)30-44-45(50-8)41(32-48)43(53-44)31-42-34(3)33(2)29-40(52-42)23-18-28-51-47(35-19-14-12-15-20-35,36-21-16-13-17-22-36)37-24-26-39(49-7)27-25-37;1-10-20(33-34(8,9)27(4,5)6)15-25-26(30-7)22(17-28)24(32-25)16-23-19(3)18(2)14-21(31-23)12-11-13-29/h12-17,19-22,24-27,33,38,40-45H,3,11,18,23,28-32H2,1-2,4-10H3;18,20-26,29H,3,10-17H2,1-2,4-9H3/t33-,38-,40+,41+,42?,43+,44-,45-;18-,20-,21+,22+,23?,24+,25-,26-/m11/s1. The Morgan fingerprint density at radius 3 is 1.31 bits per heavy atom. The van der Waals surface area contributed by atoms with Crippen molar-refractivity contribution in [1.29, 1.82) is 0 Å². The van der Waals surface area contributed by atoms with E-state index in [0.717, 1.165) is 110 Å². The van der Waals surface area contributed by atoms with E-state index >= 15 is 0 Å². The third kappa shape index (κ3) is 19.6. The number of benzene rings is 3. The average Bonchev–Trinajstić information content (AvgIpc) is 2.34. The Hall–Kier alpha value is -2.07. The summed E-state index contributed by atoms with van der Waals surface area (Å²) in [6.07, 6.45) is 11.1. The number of hydrogen-bond donors (Lipinski definition) is 1. The van der Waals surface area contributed by atoms with E-state index in [4.69, 9.17) is 46.7 Å². The predicted octanol–water partition coefficient (Wildman–Crippen LogP) is 18.0. The van der Waals surface area contributed by atoms with Gasteiger partial charge < -0.3 is 51.9 Å². The van der Waals surface area contributed by atoms with Crippen LogP contribution < -0.4 is 4.74 Å². The second kappa shape index (κ2) is 34.6. The highest BCUT2D eigenvalue weighted by Crippen LogP contribution is 2.46. The Labute approximate surface area is 558 Å². The maximum absolute atomic E-state index is 9.25. The monoisotopic (exact) mass is 1400 g/mol. The lowest BCUT2D eigenvalue weighted by Crippen LogP contribution is -2.45. The first-order chi connectivity index (χ1) is 42.1. The first-order valence-electron chi connectivity index (χ1n) is 33.7. The van der Waals surface area contributed by atoms with Crippen molar-refractivity contribution < 1.29 is 51.9 Å². The van der Waals surface area contributed by atoms with Crippen LogP contribution in [-0.4, -0.2) is 140 Å². The van der Waals surface area contributed by atoms with Gasteiger partial charge in [-0.05, 0) is 139 Å². The van der Waals surface area contributed by atoms with E-state index < -0.39 is 22.2 Å². The van der Waals surface area contributed by atoms with Gasteiger partial charge >= 0.3 is 0 Å². The molecule has 0 spiro atoms. The molecule has 11 nitrogen and oxygen atoms in total. The number of alkyl halides is 2. The fourth-order valence-corrected chi connectivity index (χ4v) is 17.9. The Morgan fingerprint density at radius 1 is 0.573 bits per heavy atom. The molecule has 7 rings (SSSR count). The van der Waals surface area contributed by atoms with E-state index in [9.17, 15) is 5.11 Å². The number of halogens is 2. The third-order valence-corrected chi connectivity index (χ3v) is 31.6. The minimum atomic E-state index is -1.93. The Bertz CT molecular complexity index is 2520. The third-order valence-electron chi connectivity index (χ3n) is 21.0. The molecule has 0 amide bonds. The lowest BCUT2D eigenvalue weighted by molar-refractivity contribution is -0.0771. The molecule has 3 aromatic rings. The van der Waals surface area contributed by atoms with Crippen molar-refractivity contribution in [3.63, 3.8) is 0 Å². The molecule has 4 heterocycles. The highest BCUT2D eigenvalue weighted by atomic mass is 79.9. The summed E-state index contributed by atoms with van der Waals surface area (Å²) in [6.45, 7) is 41.8. The molecule has 0 bridgehead atoms. The molecule has 4 saturated heterocycles. The van der Waals surface area contributed by atoms with Crippen molar-refractivity contribution in [2.24, 2.45) is 23.7 Å². The summed E-state index contributed by atoms with van der Waals surface area (Å²) >= 11 is 7.58. The molecule has 1 N–H and O–H groups in total. The first kappa shape index (κ1) is 76.0. The highest BCUT2D eigenvalue weighted by Gasteiger charge is 2.50. The SMILES string of the molecule is C=C1C(C[C@@H]2O[C@H](C[C@@H](CC)O[Si](C)(C)C(C)(C)C)[C@H](OC)[C@H]2CBr)O[C@@H](CCCO)C[C@H]1C.C=C1C(C[C@@H]2O[C@H](C[C@@H](CC)O[Si](C)(C)C(C)(C)C)[C@H](OC)[C@H]2CBr)O[C@@H](CCCOC(c2ccccc2)(c2ccccc2)c2ccc(OC)cc2)C[C@H]1C. The molecule has 4 aliphatic heterocycles. The number of methoxy groups -OCH3 is 3. The number of aliphatic hydroxyl groups excluding tert-OH is 1. The van der Waals surface area contributed by atoms with Gasteiger partial charge in [0.05, 0.1) is 68.1 Å². The molecular formula is C74H118Br2O11Si2. The summed E-state index contributed by atoms with van der Waals surface area (Å²) in [6, 6.07) is 29.4. The normalized spacial score (nSPS) is 28.8. The Kier molecular flexibility index (Phi) is 29.5. The molecule has 4 fully saturated rings. The van der Waals surface area contributed by atoms with Gasteiger partial charge in [-0.15, -0.1) is 0 Å². The minimum Gasteiger partial charge on any atom is -0.497 e. The fourth-order valence-electron chi connectivity index (χ4n) is 13.4. The number of rotatable bonds is 30. The van der Waals surface area contributed by atoms with Crippen molar-refractivity contribution in [2.45, 2.75) is 261 Å². The van der Waals surface area contributed by atoms with Gasteiger partial charge in [0.2, 0.25) is 0 Å². The molecule has 502 valence electrons. The van der Waals surface area contributed by atoms with E-state index in [1.165, 1.54) is 11.1 Å². The van der Waals surface area contributed by atoms with Crippen LogP contribution >= 0.6 is 31.9 Å². The Morgan fingerprint density at radius 2 is 0.966 bits per heavy atom. The maximum Gasteiger partial charge on any atom is 0.192 e. The Balaban J connectivity index is 0.000000318. The molecule has 15 heteroatoms. The van der Waals surface area contributed by atoms with E-state index in [-0.39, 0.29) is 102 Å². The van der Waals surface area contributed by atoms with Crippen molar-refractivity contribution in [1.82, 2.24) is 0 Å². The number of ether oxygens (including phenoxy) is 8. The summed E-state index contributed by atoms with van der Waals surface area (Å²) in [5.74, 6) is 2.06. The minimum absolute atomic E-state index is 0.00223. The lowest BCUT2D eigenvalue weighted by atomic mass is 9.80. The van der Waals surface area contributed by atoms with E-state index in [2.05, 4.69) is 213 Å². The van der Waals surface area contributed by atoms with Crippen molar-refractivity contribution in [2.75, 3.05) is 45.2 Å². The summed E-state index contributed by atoms with van der Waals surface area (Å²) in [5, 5.41) is 11.2. The fraction of sp³-hybridized carbons (Fsp3) is 0.703. The summed E-state index contributed by atoms with van der Waals surface area (Å²) in [5.41, 5.74) is 4.80. The van der Waals surface area contributed by atoms with Crippen LogP contribution in [0.25, 0.3) is 0 Å². The van der Waals surface area contributed by atoms with Gasteiger partial charge in [0.1, 0.15) is 11.4 Å². The average molecular weight is 1400 g/mol. The molecular weight excluding hydrogens is 1280 g/mol. The van der Waals surface area contributed by atoms with Crippen LogP contribution in [0.5, 0.6) is 5.75 Å². The molecule has 0 saturated carbocycles. The van der Waals surface area contributed by atoms with Gasteiger partial charge in [-0.3, -0.25) is 0 Å². The van der Waals surface area contributed by atoms with Gasteiger partial charge in [-0.2, -0.15) is 0 Å². The van der Waals surface area contributed by atoms with Crippen LogP contribution in [-0.2, 0) is 47.6 Å². The molecule has 89 heavy (non-hydrogen) atoms. The summed E-state index contributed by atoms with van der Waals surface area (Å²) < 4.78 is 65.6. The van der Waals surface area contributed by atoms with Gasteiger partial charge in [0, 0.05) is 87.8 Å². The van der Waals surface area contributed by atoms with Gasteiger partial charge in [0.25, 0.3) is 0 Å². The molecule has 0 aromatic heterocycles. The summed E-state index contributed by atoms with van der Waals surface area (Å²) in [7, 11) is 1.54. The van der Waals surface area contributed by atoms with Crippen LogP contribution in [0.1, 0.15) is 163 Å². The van der Waals surface area contributed by atoms with Crippen LogP contribution in [0.3, 0.4) is 0 Å². The molecule has 2 unspecified atom stereocenters. The van der Waals surface area contributed by atoms with Crippen LogP contribution in [0.2, 0.25) is 36.3 Å². The van der Waals surface area contributed by atoms with Gasteiger partial charge in [-0.1, -0.05) is 187 Å². The quantitative estimate of drug-likeness (QED) is 0.0226. The summed E-state index contributed by atoms with van der Waals surface area (Å²) in [4.78, 5) is 0. The van der Waals surface area contributed by atoms with Crippen LogP contribution in [0.15, 0.2) is 109 Å². The zero-order valence-electron chi connectivity index (χ0n) is 57.8.